The zero-order valence-corrected chi connectivity index (χ0v) is 10.3. The van der Waals surface area contributed by atoms with Gasteiger partial charge in [-0.1, -0.05) is 26.0 Å². The molecule has 0 saturated heterocycles. The number of benzene rings is 1. The maximum Gasteiger partial charge on any atom is 0.282 e. The second-order valence-electron chi connectivity index (χ2n) is 4.78. The SMILES string of the molecule is CC(C)(CO)CNC(=O)c1ccccc1[N+](=O)[O-]. The standard InChI is InChI=1S/C12H16N2O4/c1-12(2,8-15)7-13-11(16)9-5-3-4-6-10(9)14(17)18/h3-6,15H,7-8H2,1-2H3,(H,13,16). The van der Waals surface area contributed by atoms with Crippen molar-refractivity contribution in [3.05, 3.63) is 39.9 Å². The second kappa shape index (κ2) is 5.59. The molecule has 6 heteroatoms. The molecule has 1 rings (SSSR count). The zero-order valence-electron chi connectivity index (χ0n) is 10.3. The molecule has 98 valence electrons. The molecule has 0 radical (unpaired) electrons. The number of aliphatic hydroxyl groups is 1. The van der Waals surface area contributed by atoms with Gasteiger partial charge in [-0.05, 0) is 6.07 Å². The lowest BCUT2D eigenvalue weighted by molar-refractivity contribution is -0.385. The Labute approximate surface area is 105 Å². The molecule has 1 aromatic carbocycles. The molecular formula is C12H16N2O4. The number of nitro groups is 1. The Morgan fingerprint density at radius 1 is 1.44 bits per heavy atom. The maximum absolute atomic E-state index is 11.8. The molecular weight excluding hydrogens is 236 g/mol. The van der Waals surface area contributed by atoms with Crippen LogP contribution in [0.2, 0.25) is 0 Å². The lowest BCUT2D eigenvalue weighted by Crippen LogP contribution is -2.36. The van der Waals surface area contributed by atoms with Crippen molar-refractivity contribution in [3.8, 4) is 0 Å². The van der Waals surface area contributed by atoms with Crippen LogP contribution in [-0.2, 0) is 0 Å². The fraction of sp³-hybridized carbons (Fsp3) is 0.417. The molecule has 1 aromatic rings. The van der Waals surface area contributed by atoms with Gasteiger partial charge in [0.15, 0.2) is 0 Å². The van der Waals surface area contributed by atoms with Crippen LogP contribution in [0.5, 0.6) is 0 Å². The third-order valence-corrected chi connectivity index (χ3v) is 2.50. The molecule has 1 amide bonds. The highest BCUT2D eigenvalue weighted by atomic mass is 16.6. The summed E-state index contributed by atoms with van der Waals surface area (Å²) in [6.45, 7) is 3.73. The number of carbonyl (C=O) groups is 1. The van der Waals surface area contributed by atoms with Gasteiger partial charge in [-0.2, -0.15) is 0 Å². The first-order valence-electron chi connectivity index (χ1n) is 5.50. The van der Waals surface area contributed by atoms with Crippen LogP contribution < -0.4 is 5.32 Å². The van der Waals surface area contributed by atoms with E-state index >= 15 is 0 Å². The number of aliphatic hydroxyl groups excluding tert-OH is 1. The van der Waals surface area contributed by atoms with Crippen molar-refractivity contribution >= 4 is 11.6 Å². The van der Waals surface area contributed by atoms with E-state index in [0.717, 1.165) is 0 Å². The molecule has 0 atom stereocenters. The number of rotatable bonds is 5. The Morgan fingerprint density at radius 3 is 2.61 bits per heavy atom. The minimum atomic E-state index is -0.591. The van der Waals surface area contributed by atoms with Gasteiger partial charge in [-0.25, -0.2) is 0 Å². The Morgan fingerprint density at radius 2 is 2.06 bits per heavy atom. The van der Waals surface area contributed by atoms with E-state index < -0.39 is 16.2 Å². The van der Waals surface area contributed by atoms with Gasteiger partial charge >= 0.3 is 0 Å². The molecule has 6 nitrogen and oxygen atoms in total. The maximum atomic E-state index is 11.8. The molecule has 0 aliphatic carbocycles. The smallest absolute Gasteiger partial charge is 0.282 e. The second-order valence-corrected chi connectivity index (χ2v) is 4.78. The summed E-state index contributed by atoms with van der Waals surface area (Å²) < 4.78 is 0. The summed E-state index contributed by atoms with van der Waals surface area (Å²) in [7, 11) is 0. The van der Waals surface area contributed by atoms with Crippen LogP contribution in [0.25, 0.3) is 0 Å². The van der Waals surface area contributed by atoms with Gasteiger partial charge in [-0.3, -0.25) is 14.9 Å². The van der Waals surface area contributed by atoms with Crippen LogP contribution in [0.15, 0.2) is 24.3 Å². The molecule has 18 heavy (non-hydrogen) atoms. The van der Waals surface area contributed by atoms with Crippen LogP contribution in [0, 0.1) is 15.5 Å². The number of nitrogens with zero attached hydrogens (tertiary/aromatic N) is 1. The molecule has 0 aliphatic rings. The molecule has 2 N–H and O–H groups in total. The summed E-state index contributed by atoms with van der Waals surface area (Å²) in [5.74, 6) is -0.510. The predicted molar refractivity (Wildman–Crippen MR) is 66.3 cm³/mol. The number of hydrogen-bond donors (Lipinski definition) is 2. The van der Waals surface area contributed by atoms with E-state index in [4.69, 9.17) is 5.11 Å². The van der Waals surface area contributed by atoms with Crippen LogP contribution in [0.1, 0.15) is 24.2 Å². The number of hydrogen-bond acceptors (Lipinski definition) is 4. The van der Waals surface area contributed by atoms with E-state index in [1.807, 2.05) is 0 Å². The van der Waals surface area contributed by atoms with Gasteiger partial charge in [0.05, 0.1) is 4.92 Å². The quantitative estimate of drug-likeness (QED) is 0.611. The summed E-state index contributed by atoms with van der Waals surface area (Å²) in [5.41, 5.74) is -0.660. The highest BCUT2D eigenvalue weighted by Gasteiger charge is 2.22. The van der Waals surface area contributed by atoms with Crippen molar-refractivity contribution in [3.63, 3.8) is 0 Å². The number of carbonyl (C=O) groups excluding carboxylic acids is 1. The average molecular weight is 252 g/mol. The third kappa shape index (κ3) is 3.53. The molecule has 0 spiro atoms. The highest BCUT2D eigenvalue weighted by Crippen LogP contribution is 2.18. The van der Waals surface area contributed by atoms with Crippen LogP contribution in [0.4, 0.5) is 5.69 Å². The monoisotopic (exact) mass is 252 g/mol. The molecule has 0 fully saturated rings. The Bertz CT molecular complexity index is 457. The van der Waals surface area contributed by atoms with E-state index in [9.17, 15) is 14.9 Å². The summed E-state index contributed by atoms with van der Waals surface area (Å²) in [5, 5.41) is 22.4. The summed E-state index contributed by atoms with van der Waals surface area (Å²) in [4.78, 5) is 22.0. The van der Waals surface area contributed by atoms with E-state index in [1.54, 1.807) is 19.9 Å². The van der Waals surface area contributed by atoms with Crippen molar-refractivity contribution in [1.82, 2.24) is 5.32 Å². The van der Waals surface area contributed by atoms with Gasteiger partial charge < -0.3 is 10.4 Å². The van der Waals surface area contributed by atoms with Crippen molar-refractivity contribution < 1.29 is 14.8 Å². The molecule has 0 aromatic heterocycles. The number of para-hydroxylation sites is 1. The fourth-order valence-electron chi connectivity index (χ4n) is 1.30. The predicted octanol–water partition coefficient (Wildman–Crippen LogP) is 1.34. The van der Waals surface area contributed by atoms with Crippen molar-refractivity contribution in [2.45, 2.75) is 13.8 Å². The fourth-order valence-corrected chi connectivity index (χ4v) is 1.30. The number of nitrogens with one attached hydrogen (secondary N) is 1. The summed E-state index contributed by atoms with van der Waals surface area (Å²) >= 11 is 0. The molecule has 0 heterocycles. The van der Waals surface area contributed by atoms with Crippen molar-refractivity contribution in [2.75, 3.05) is 13.2 Å². The van der Waals surface area contributed by atoms with E-state index in [-0.39, 0.29) is 24.4 Å². The summed E-state index contributed by atoms with van der Waals surface area (Å²) in [6, 6.07) is 5.76. The van der Waals surface area contributed by atoms with Gasteiger partial charge in [0.25, 0.3) is 11.6 Å². The average Bonchev–Trinajstić information content (AvgIpc) is 2.36. The van der Waals surface area contributed by atoms with Gasteiger partial charge in [-0.15, -0.1) is 0 Å². The zero-order chi connectivity index (χ0) is 13.8. The Hall–Kier alpha value is -1.95. The van der Waals surface area contributed by atoms with Crippen LogP contribution in [-0.4, -0.2) is 29.1 Å². The van der Waals surface area contributed by atoms with E-state index in [2.05, 4.69) is 5.32 Å². The highest BCUT2D eigenvalue weighted by molar-refractivity contribution is 5.98. The third-order valence-electron chi connectivity index (χ3n) is 2.50. The number of amides is 1. The molecule has 0 aliphatic heterocycles. The van der Waals surface area contributed by atoms with Crippen LogP contribution >= 0.6 is 0 Å². The largest absolute Gasteiger partial charge is 0.396 e. The molecule has 0 bridgehead atoms. The first-order chi connectivity index (χ1) is 8.37. The van der Waals surface area contributed by atoms with Gasteiger partial charge in [0.2, 0.25) is 0 Å². The van der Waals surface area contributed by atoms with Crippen molar-refractivity contribution in [1.29, 1.82) is 0 Å². The normalized spacial score (nSPS) is 11.1. The minimum Gasteiger partial charge on any atom is -0.396 e. The van der Waals surface area contributed by atoms with Crippen molar-refractivity contribution in [2.24, 2.45) is 5.41 Å². The topological polar surface area (TPSA) is 92.5 Å². The Kier molecular flexibility index (Phi) is 4.38. The van der Waals surface area contributed by atoms with E-state index in [1.165, 1.54) is 18.2 Å². The lowest BCUT2D eigenvalue weighted by Gasteiger charge is -2.21. The summed E-state index contributed by atoms with van der Waals surface area (Å²) in [6.07, 6.45) is 0. The molecule has 0 saturated carbocycles. The number of nitro benzene ring substituents is 1. The van der Waals surface area contributed by atoms with Crippen LogP contribution in [0.3, 0.4) is 0 Å². The molecule has 0 unspecified atom stereocenters. The van der Waals surface area contributed by atoms with Gasteiger partial charge in [0.1, 0.15) is 5.56 Å². The van der Waals surface area contributed by atoms with Gasteiger partial charge in [0, 0.05) is 24.6 Å². The first-order valence-corrected chi connectivity index (χ1v) is 5.50. The first kappa shape index (κ1) is 14.1. The van der Waals surface area contributed by atoms with E-state index in [0.29, 0.717) is 0 Å². The minimum absolute atomic E-state index is 0.0243. The lowest BCUT2D eigenvalue weighted by atomic mass is 9.95. The Balaban J connectivity index is 2.82.